The molecule has 0 saturated carbocycles. The maximum atomic E-state index is 13.1. The normalized spacial score (nSPS) is 14.5. The second-order valence-corrected chi connectivity index (χ2v) is 28.8. The molecule has 100 heavy (non-hydrogen) atoms. The van der Waals surface area contributed by atoms with Crippen LogP contribution in [0.15, 0.2) is 109 Å². The van der Waals surface area contributed by atoms with E-state index in [0.717, 1.165) is 141 Å². The Morgan fingerprint density at radius 3 is 0.890 bits per heavy atom. The second kappa shape index (κ2) is 73.0. The predicted molar refractivity (Wildman–Crippen MR) is 408 cm³/mol. The number of aliphatic hydroxyl groups excluding tert-OH is 1. The third kappa shape index (κ3) is 72.1. The number of hydrogen-bond donors (Lipinski definition) is 3. The number of ether oxygens (including phenoxy) is 4. The summed E-state index contributed by atoms with van der Waals surface area (Å²) in [6.07, 6.45) is 78.0. The van der Waals surface area contributed by atoms with Gasteiger partial charge in [0.05, 0.1) is 26.4 Å². The van der Waals surface area contributed by atoms with Gasteiger partial charge in [-0.05, 0) is 122 Å². The lowest BCUT2D eigenvalue weighted by Crippen LogP contribution is -2.30. The Hall–Kier alpha value is -4.28. The lowest BCUT2D eigenvalue weighted by atomic mass is 10.1. The van der Waals surface area contributed by atoms with E-state index in [4.69, 9.17) is 37.0 Å². The maximum absolute atomic E-state index is 13.1. The van der Waals surface area contributed by atoms with Gasteiger partial charge in [-0.3, -0.25) is 37.3 Å². The lowest BCUT2D eigenvalue weighted by Gasteiger charge is -2.21. The number of allylic oxidation sites excluding steroid dienone is 18. The zero-order valence-electron chi connectivity index (χ0n) is 62.8. The molecule has 0 aromatic rings. The number of unbranched alkanes of at least 4 members (excludes halogenated alkanes) is 29. The van der Waals surface area contributed by atoms with Crippen LogP contribution >= 0.6 is 15.6 Å². The Balaban J connectivity index is 5.40. The fourth-order valence-corrected chi connectivity index (χ4v) is 11.9. The average molecular weight is 1450 g/mol. The minimum atomic E-state index is -4.99. The first-order valence-electron chi connectivity index (χ1n) is 39.1. The molecule has 0 amide bonds. The van der Waals surface area contributed by atoms with E-state index in [1.807, 2.05) is 18.2 Å². The van der Waals surface area contributed by atoms with E-state index in [0.29, 0.717) is 32.1 Å². The van der Waals surface area contributed by atoms with Crippen LogP contribution in [0.4, 0.5) is 0 Å². The van der Waals surface area contributed by atoms with Crippen LogP contribution < -0.4 is 0 Å². The van der Waals surface area contributed by atoms with Crippen molar-refractivity contribution in [1.82, 2.24) is 0 Å². The Morgan fingerprint density at radius 1 is 0.290 bits per heavy atom. The molecule has 3 N–H and O–H groups in total. The number of phosphoric ester groups is 2. The summed E-state index contributed by atoms with van der Waals surface area (Å²) in [5.41, 5.74) is 0. The van der Waals surface area contributed by atoms with E-state index in [-0.39, 0.29) is 25.7 Å². The number of phosphoric acid groups is 2. The van der Waals surface area contributed by atoms with E-state index in [1.54, 1.807) is 0 Å². The highest BCUT2D eigenvalue weighted by molar-refractivity contribution is 7.47. The molecule has 0 aromatic heterocycles. The molecule has 5 atom stereocenters. The first-order chi connectivity index (χ1) is 48.7. The van der Waals surface area contributed by atoms with Crippen LogP contribution in [0.1, 0.15) is 323 Å². The van der Waals surface area contributed by atoms with Crippen LogP contribution in [0.2, 0.25) is 0 Å². The van der Waals surface area contributed by atoms with E-state index >= 15 is 0 Å². The molecule has 5 unspecified atom stereocenters. The van der Waals surface area contributed by atoms with Crippen LogP contribution in [0, 0.1) is 0 Å². The zero-order chi connectivity index (χ0) is 73.2. The van der Waals surface area contributed by atoms with Crippen molar-refractivity contribution in [2.24, 2.45) is 0 Å². The van der Waals surface area contributed by atoms with Gasteiger partial charge < -0.3 is 33.8 Å². The number of carbonyl (C=O) groups is 4. The highest BCUT2D eigenvalue weighted by atomic mass is 31.2. The summed E-state index contributed by atoms with van der Waals surface area (Å²) in [4.78, 5) is 72.8. The fraction of sp³-hybridized carbons (Fsp3) is 0.728. The van der Waals surface area contributed by atoms with Crippen molar-refractivity contribution >= 4 is 39.5 Å². The summed E-state index contributed by atoms with van der Waals surface area (Å²) in [6.45, 7) is 4.63. The number of hydrogen-bond acceptors (Lipinski definition) is 15. The molecule has 0 fully saturated rings. The molecule has 0 aliphatic heterocycles. The van der Waals surface area contributed by atoms with E-state index < -0.39 is 97.5 Å². The van der Waals surface area contributed by atoms with Gasteiger partial charge in [0.25, 0.3) is 0 Å². The highest BCUT2D eigenvalue weighted by Crippen LogP contribution is 2.45. The minimum absolute atomic E-state index is 0.0321. The molecule has 19 heteroatoms. The second-order valence-electron chi connectivity index (χ2n) is 25.9. The standard InChI is InChI=1S/C81H140O17P2/c1-5-9-13-17-21-25-29-32-35-36-37-38-41-43-47-50-54-58-62-66-79(84)92-72-77(98-81(86)68-64-60-56-52-48-44-40-34-31-27-23-19-15-11-7-3)74-96-100(89,90)94-70-75(82)69-93-99(87,88)95-73-76(97-80(85)67-63-59-55-51-45-28-24-20-16-12-8-4)71-91-78(83)65-61-57-53-49-46-42-39-33-30-26-22-18-14-10-6-2/h9,13,21,23,25,27,32-35,37-40,43,47,54,58,75-77,82H,5-8,10-12,14-20,22,24,26,28-31,36,41-42,44-46,48-53,55-57,59-74H2,1-4H3,(H,87,88)(H,89,90)/b13-9-,25-21-,27-23-,35-32-,38-37-,39-33-,40-34-,47-43-,58-54-. The van der Waals surface area contributed by atoms with Gasteiger partial charge in [0, 0.05) is 25.7 Å². The summed E-state index contributed by atoms with van der Waals surface area (Å²) >= 11 is 0. The van der Waals surface area contributed by atoms with E-state index in [1.165, 1.54) is 96.3 Å². The molecule has 0 aromatic carbocycles. The van der Waals surface area contributed by atoms with E-state index in [9.17, 15) is 43.2 Å². The van der Waals surface area contributed by atoms with Crippen molar-refractivity contribution in [2.75, 3.05) is 39.6 Å². The third-order valence-corrected chi connectivity index (χ3v) is 18.1. The molecule has 0 aliphatic carbocycles. The van der Waals surface area contributed by atoms with Crippen LogP contribution in [0.3, 0.4) is 0 Å². The summed E-state index contributed by atoms with van der Waals surface area (Å²) in [6, 6.07) is 0. The molecule has 0 bridgehead atoms. The van der Waals surface area contributed by atoms with Crippen molar-refractivity contribution in [3.63, 3.8) is 0 Å². The summed E-state index contributed by atoms with van der Waals surface area (Å²) in [5.74, 6) is -2.29. The maximum Gasteiger partial charge on any atom is 0.472 e. The van der Waals surface area contributed by atoms with Crippen LogP contribution in [0.25, 0.3) is 0 Å². The van der Waals surface area contributed by atoms with Gasteiger partial charge >= 0.3 is 39.5 Å². The predicted octanol–water partition coefficient (Wildman–Crippen LogP) is 22.6. The Labute approximate surface area is 607 Å². The zero-order valence-corrected chi connectivity index (χ0v) is 64.6. The first kappa shape index (κ1) is 95.7. The molecular weight excluding hydrogens is 1310 g/mol. The Morgan fingerprint density at radius 2 is 0.540 bits per heavy atom. The number of aliphatic hydroxyl groups is 1. The van der Waals surface area contributed by atoms with Gasteiger partial charge in [-0.25, -0.2) is 9.13 Å². The number of carbonyl (C=O) groups excluding carboxylic acids is 4. The Kier molecular flexibility index (Phi) is 69.9. The van der Waals surface area contributed by atoms with E-state index in [2.05, 4.69) is 119 Å². The minimum Gasteiger partial charge on any atom is -0.462 e. The van der Waals surface area contributed by atoms with Gasteiger partial charge in [-0.2, -0.15) is 0 Å². The molecule has 0 spiro atoms. The van der Waals surface area contributed by atoms with Crippen molar-refractivity contribution < 1.29 is 80.2 Å². The molecule has 0 rings (SSSR count). The highest BCUT2D eigenvalue weighted by Gasteiger charge is 2.30. The summed E-state index contributed by atoms with van der Waals surface area (Å²) in [7, 11) is -9.97. The summed E-state index contributed by atoms with van der Waals surface area (Å²) in [5, 5.41) is 10.6. The molecule has 17 nitrogen and oxygen atoms in total. The molecule has 0 saturated heterocycles. The van der Waals surface area contributed by atoms with Crippen molar-refractivity contribution in [3.05, 3.63) is 109 Å². The first-order valence-corrected chi connectivity index (χ1v) is 42.1. The molecule has 0 heterocycles. The Bertz CT molecular complexity index is 2320. The topological polar surface area (TPSA) is 237 Å². The van der Waals surface area contributed by atoms with Gasteiger partial charge in [0.15, 0.2) is 12.2 Å². The largest absolute Gasteiger partial charge is 0.472 e. The number of esters is 4. The molecular formula is C81H140O17P2. The van der Waals surface area contributed by atoms with Gasteiger partial charge in [0.1, 0.15) is 19.3 Å². The van der Waals surface area contributed by atoms with Crippen LogP contribution in [0.5, 0.6) is 0 Å². The molecule has 0 aliphatic rings. The quantitative estimate of drug-likeness (QED) is 0.0169. The molecule has 576 valence electrons. The van der Waals surface area contributed by atoms with Gasteiger partial charge in [-0.15, -0.1) is 0 Å². The smallest absolute Gasteiger partial charge is 0.462 e. The van der Waals surface area contributed by atoms with Crippen LogP contribution in [-0.2, 0) is 65.4 Å². The summed E-state index contributed by atoms with van der Waals surface area (Å²) < 4.78 is 68.4. The van der Waals surface area contributed by atoms with Crippen molar-refractivity contribution in [3.8, 4) is 0 Å². The third-order valence-electron chi connectivity index (χ3n) is 16.2. The van der Waals surface area contributed by atoms with Gasteiger partial charge in [0.2, 0.25) is 0 Å². The SMILES string of the molecule is CC/C=C\C/C=C\C/C=C\C/C=C\C/C=C\C/C=C\CCC(=O)OCC(COP(=O)(O)OCC(O)COP(=O)(O)OCC(COC(=O)CCCCCCC/C=C\CCCCCCCC)OC(=O)CCCCCCCCCCCCC)OC(=O)CCCCCCC/C=C\C/C=C\CCCCC. The van der Waals surface area contributed by atoms with Crippen LogP contribution in [-0.4, -0.2) is 96.7 Å². The molecule has 0 radical (unpaired) electrons. The number of rotatable bonds is 73. The monoisotopic (exact) mass is 1450 g/mol. The average Bonchev–Trinajstić information content (AvgIpc) is 0.985. The van der Waals surface area contributed by atoms with Gasteiger partial charge in [-0.1, -0.05) is 285 Å². The van der Waals surface area contributed by atoms with Crippen molar-refractivity contribution in [1.29, 1.82) is 0 Å². The van der Waals surface area contributed by atoms with Crippen molar-refractivity contribution in [2.45, 2.75) is 341 Å². The lowest BCUT2D eigenvalue weighted by molar-refractivity contribution is -0.161. The fourth-order valence-electron chi connectivity index (χ4n) is 10.3.